The fraction of sp³-hybridized carbons (Fsp3) is 0.143. The van der Waals surface area contributed by atoms with Gasteiger partial charge in [-0.25, -0.2) is 9.97 Å². The molecule has 4 rings (SSSR count). The maximum absolute atomic E-state index is 9.12. The number of benzene rings is 2. The van der Waals surface area contributed by atoms with Gasteiger partial charge in [0.2, 0.25) is 11.6 Å². The predicted octanol–water partition coefficient (Wildman–Crippen LogP) is 3.94. The van der Waals surface area contributed by atoms with E-state index in [0.29, 0.717) is 22.7 Å². The van der Waals surface area contributed by atoms with Crippen LogP contribution in [0.3, 0.4) is 0 Å². The molecule has 0 amide bonds. The van der Waals surface area contributed by atoms with Crippen molar-refractivity contribution in [2.75, 3.05) is 20.3 Å². The molecule has 0 bridgehead atoms. The van der Waals surface area contributed by atoms with Gasteiger partial charge in [-0.05, 0) is 17.7 Å². The summed E-state index contributed by atoms with van der Waals surface area (Å²) in [5.74, 6) is 1.83. The highest BCUT2D eigenvalue weighted by Gasteiger charge is 2.22. The van der Waals surface area contributed by atoms with Gasteiger partial charge < -0.3 is 19.0 Å². The van der Waals surface area contributed by atoms with Crippen molar-refractivity contribution in [2.24, 2.45) is 0 Å². The first-order valence-electron chi connectivity index (χ1n) is 8.53. The van der Waals surface area contributed by atoms with Crippen LogP contribution in [0.15, 0.2) is 65.3 Å². The van der Waals surface area contributed by atoms with Crippen molar-refractivity contribution < 1.29 is 19.0 Å². The Morgan fingerprint density at radius 3 is 2.44 bits per heavy atom. The quantitative estimate of drug-likeness (QED) is 0.560. The second kappa shape index (κ2) is 7.47. The van der Waals surface area contributed by atoms with Crippen LogP contribution in [-0.2, 0) is 0 Å². The number of methoxy groups -OCH3 is 1. The predicted molar refractivity (Wildman–Crippen MR) is 102 cm³/mol. The van der Waals surface area contributed by atoms with Crippen molar-refractivity contribution in [2.45, 2.75) is 0 Å². The van der Waals surface area contributed by atoms with Gasteiger partial charge in [-0.3, -0.25) is 0 Å². The summed E-state index contributed by atoms with van der Waals surface area (Å²) < 4.78 is 17.0. The van der Waals surface area contributed by atoms with Crippen LogP contribution >= 0.6 is 0 Å². The Bertz CT molecular complexity index is 1040. The number of aliphatic hydroxyl groups excluding tert-OH is 1. The maximum atomic E-state index is 9.12. The van der Waals surface area contributed by atoms with Crippen LogP contribution in [0, 0.1) is 0 Å². The molecule has 0 saturated heterocycles. The molecular weight excluding hydrogens is 344 g/mol. The first-order valence-corrected chi connectivity index (χ1v) is 8.53. The zero-order valence-electron chi connectivity index (χ0n) is 14.8. The van der Waals surface area contributed by atoms with E-state index in [9.17, 15) is 0 Å². The summed E-state index contributed by atoms with van der Waals surface area (Å²) in [4.78, 5) is 8.51. The van der Waals surface area contributed by atoms with Crippen molar-refractivity contribution >= 4 is 11.1 Å². The van der Waals surface area contributed by atoms with Crippen molar-refractivity contribution in [1.82, 2.24) is 9.97 Å². The van der Waals surface area contributed by atoms with Gasteiger partial charge in [-0.2, -0.15) is 0 Å². The molecule has 0 aliphatic heterocycles. The lowest BCUT2D eigenvalue weighted by Crippen LogP contribution is -2.03. The molecule has 0 fully saturated rings. The van der Waals surface area contributed by atoms with Crippen molar-refractivity contribution in [3.05, 3.63) is 60.9 Å². The number of hydrogen-bond donors (Lipinski definition) is 1. The Kier molecular flexibility index (Phi) is 4.72. The standard InChI is InChI=1S/C21H18N2O4/c1-25-16-9-7-14(8-10-16)17-18-20(26-12-11-24)22-13-23-21(18)27-19(17)15-5-3-2-4-6-15/h2-10,13,24H,11-12H2,1H3. The van der Waals surface area contributed by atoms with Gasteiger partial charge in [0, 0.05) is 11.1 Å². The Morgan fingerprint density at radius 2 is 1.74 bits per heavy atom. The highest BCUT2D eigenvalue weighted by atomic mass is 16.5. The SMILES string of the molecule is COc1ccc(-c2c(-c3ccccc3)oc3ncnc(OCCO)c23)cc1. The summed E-state index contributed by atoms with van der Waals surface area (Å²) in [6.45, 7) is 0.0345. The normalized spacial score (nSPS) is 10.9. The van der Waals surface area contributed by atoms with Crippen molar-refractivity contribution in [1.29, 1.82) is 0 Å². The largest absolute Gasteiger partial charge is 0.497 e. The van der Waals surface area contributed by atoms with E-state index in [4.69, 9.17) is 19.0 Å². The average Bonchev–Trinajstić information content (AvgIpc) is 3.13. The summed E-state index contributed by atoms with van der Waals surface area (Å²) in [5, 5.41) is 9.80. The van der Waals surface area contributed by atoms with E-state index in [-0.39, 0.29) is 13.2 Å². The summed E-state index contributed by atoms with van der Waals surface area (Å²) in [5.41, 5.74) is 3.13. The topological polar surface area (TPSA) is 77.6 Å². The van der Waals surface area contributed by atoms with E-state index in [0.717, 1.165) is 22.4 Å². The molecular formula is C21H18N2O4. The smallest absolute Gasteiger partial charge is 0.234 e. The number of furan rings is 1. The summed E-state index contributed by atoms with van der Waals surface area (Å²) in [6, 6.07) is 17.5. The minimum atomic E-state index is -0.104. The van der Waals surface area contributed by atoms with E-state index >= 15 is 0 Å². The van der Waals surface area contributed by atoms with E-state index in [1.54, 1.807) is 7.11 Å². The molecule has 0 aliphatic rings. The number of fused-ring (bicyclic) bond motifs is 1. The van der Waals surface area contributed by atoms with Crippen LogP contribution in [-0.4, -0.2) is 35.4 Å². The molecule has 0 saturated carbocycles. The maximum Gasteiger partial charge on any atom is 0.234 e. The van der Waals surface area contributed by atoms with E-state index in [1.165, 1.54) is 6.33 Å². The van der Waals surface area contributed by atoms with Gasteiger partial charge in [-0.15, -0.1) is 0 Å². The van der Waals surface area contributed by atoms with E-state index in [1.807, 2.05) is 54.6 Å². The molecule has 0 radical (unpaired) electrons. The first-order chi connectivity index (χ1) is 13.3. The van der Waals surface area contributed by atoms with Crippen molar-refractivity contribution in [3.8, 4) is 34.1 Å². The number of aromatic nitrogens is 2. The second-order valence-electron chi connectivity index (χ2n) is 5.83. The molecule has 0 unspecified atom stereocenters. The first kappa shape index (κ1) is 17.1. The number of hydrogen-bond acceptors (Lipinski definition) is 6. The molecule has 136 valence electrons. The minimum Gasteiger partial charge on any atom is -0.497 e. The van der Waals surface area contributed by atoms with Crippen LogP contribution in [0.5, 0.6) is 11.6 Å². The average molecular weight is 362 g/mol. The zero-order chi connectivity index (χ0) is 18.6. The zero-order valence-corrected chi connectivity index (χ0v) is 14.8. The van der Waals surface area contributed by atoms with Crippen LogP contribution in [0.4, 0.5) is 0 Å². The van der Waals surface area contributed by atoms with Gasteiger partial charge in [0.05, 0.1) is 13.7 Å². The Labute approximate surface area is 156 Å². The molecule has 6 heteroatoms. The monoisotopic (exact) mass is 362 g/mol. The van der Waals surface area contributed by atoms with Crippen LogP contribution in [0.2, 0.25) is 0 Å². The van der Waals surface area contributed by atoms with Gasteiger partial charge in [-0.1, -0.05) is 42.5 Å². The molecule has 0 atom stereocenters. The fourth-order valence-electron chi connectivity index (χ4n) is 2.98. The Balaban J connectivity index is 1.98. The number of aliphatic hydroxyl groups is 1. The highest BCUT2D eigenvalue weighted by Crippen LogP contribution is 2.43. The summed E-state index contributed by atoms with van der Waals surface area (Å²) in [7, 11) is 1.63. The van der Waals surface area contributed by atoms with Gasteiger partial charge in [0.25, 0.3) is 0 Å². The molecule has 1 N–H and O–H groups in total. The minimum absolute atomic E-state index is 0.104. The fourth-order valence-corrected chi connectivity index (χ4v) is 2.98. The lowest BCUT2D eigenvalue weighted by Gasteiger charge is -2.08. The van der Waals surface area contributed by atoms with Gasteiger partial charge in [0.1, 0.15) is 29.8 Å². The van der Waals surface area contributed by atoms with Gasteiger partial charge in [0.15, 0.2) is 0 Å². The highest BCUT2D eigenvalue weighted by molar-refractivity contribution is 6.03. The number of nitrogens with zero attached hydrogens (tertiary/aromatic N) is 2. The molecule has 2 aromatic heterocycles. The van der Waals surface area contributed by atoms with E-state index in [2.05, 4.69) is 9.97 Å². The summed E-state index contributed by atoms with van der Waals surface area (Å²) in [6.07, 6.45) is 1.39. The molecule has 0 aliphatic carbocycles. The third kappa shape index (κ3) is 3.22. The third-order valence-corrected chi connectivity index (χ3v) is 4.20. The lowest BCUT2D eigenvalue weighted by atomic mass is 9.99. The molecule has 0 spiro atoms. The molecule has 2 heterocycles. The van der Waals surface area contributed by atoms with Crippen LogP contribution in [0.1, 0.15) is 0 Å². The third-order valence-electron chi connectivity index (χ3n) is 4.20. The number of ether oxygens (including phenoxy) is 2. The molecule has 6 nitrogen and oxygen atoms in total. The van der Waals surface area contributed by atoms with E-state index < -0.39 is 0 Å². The molecule has 27 heavy (non-hydrogen) atoms. The summed E-state index contributed by atoms with van der Waals surface area (Å²) >= 11 is 0. The van der Waals surface area contributed by atoms with Crippen LogP contribution < -0.4 is 9.47 Å². The molecule has 2 aromatic carbocycles. The number of rotatable bonds is 6. The van der Waals surface area contributed by atoms with Gasteiger partial charge >= 0.3 is 0 Å². The van der Waals surface area contributed by atoms with Crippen molar-refractivity contribution in [3.63, 3.8) is 0 Å². The Morgan fingerprint density at radius 1 is 0.963 bits per heavy atom. The van der Waals surface area contributed by atoms with Crippen LogP contribution in [0.25, 0.3) is 33.6 Å². The lowest BCUT2D eigenvalue weighted by molar-refractivity contribution is 0.198. The second-order valence-corrected chi connectivity index (χ2v) is 5.83. The Hall–Kier alpha value is -3.38. The molecule has 4 aromatic rings.